The average molecular weight is 471 g/mol. The Labute approximate surface area is 202 Å². The van der Waals surface area contributed by atoms with Gasteiger partial charge in [-0.05, 0) is 47.9 Å². The van der Waals surface area contributed by atoms with Crippen LogP contribution in [0.1, 0.15) is 37.4 Å². The van der Waals surface area contributed by atoms with Crippen molar-refractivity contribution in [3.63, 3.8) is 0 Å². The topological polar surface area (TPSA) is 66.4 Å². The number of nitrogens with zero attached hydrogens (tertiary/aromatic N) is 4. The van der Waals surface area contributed by atoms with E-state index in [1.54, 1.807) is 16.0 Å². The number of pyridine rings is 1. The Hall–Kier alpha value is -3.58. The Morgan fingerprint density at radius 3 is 2.56 bits per heavy atom. The normalized spacial score (nSPS) is 15.9. The van der Waals surface area contributed by atoms with Gasteiger partial charge in [0.15, 0.2) is 5.13 Å². The van der Waals surface area contributed by atoms with Crippen molar-refractivity contribution in [2.45, 2.75) is 32.7 Å². The van der Waals surface area contributed by atoms with Gasteiger partial charge in [-0.3, -0.25) is 19.5 Å². The van der Waals surface area contributed by atoms with Gasteiger partial charge in [-0.1, -0.05) is 55.5 Å². The molecule has 4 aromatic rings. The molecule has 2 aromatic carbocycles. The van der Waals surface area contributed by atoms with Crippen molar-refractivity contribution in [3.8, 4) is 0 Å². The number of carbonyl (C=O) groups excluding carboxylic acids is 2. The van der Waals surface area contributed by atoms with E-state index in [0.29, 0.717) is 24.1 Å². The number of fused-ring (bicyclic) bond motifs is 1. The van der Waals surface area contributed by atoms with E-state index in [1.807, 2.05) is 54.6 Å². The molecule has 5 rings (SSSR count). The minimum Gasteiger partial charge on any atom is -0.336 e. The summed E-state index contributed by atoms with van der Waals surface area (Å²) in [5.74, 6) is -0.169. The number of benzene rings is 2. The number of hydrogen-bond acceptors (Lipinski definition) is 5. The predicted molar refractivity (Wildman–Crippen MR) is 135 cm³/mol. The lowest BCUT2D eigenvalue weighted by atomic mass is 10.0. The zero-order valence-corrected chi connectivity index (χ0v) is 20.0. The fourth-order valence-corrected chi connectivity index (χ4v) is 5.25. The number of amides is 2. The van der Waals surface area contributed by atoms with Crippen molar-refractivity contribution in [2.24, 2.45) is 5.92 Å². The third kappa shape index (κ3) is 4.43. The van der Waals surface area contributed by atoms with Gasteiger partial charge in [0.1, 0.15) is 0 Å². The monoisotopic (exact) mass is 470 g/mol. The second kappa shape index (κ2) is 9.35. The molecule has 1 unspecified atom stereocenters. The maximum Gasteiger partial charge on any atom is 0.238 e. The fraction of sp³-hybridized carbons (Fsp3) is 0.259. The van der Waals surface area contributed by atoms with Crippen LogP contribution in [0.3, 0.4) is 0 Å². The zero-order chi connectivity index (χ0) is 23.7. The molecule has 0 saturated carbocycles. The fourth-order valence-electron chi connectivity index (χ4n) is 4.26. The quantitative estimate of drug-likeness (QED) is 0.372. The molecule has 1 atom stereocenters. The van der Waals surface area contributed by atoms with Gasteiger partial charge in [-0.25, -0.2) is 4.98 Å². The van der Waals surface area contributed by atoms with E-state index in [4.69, 9.17) is 4.98 Å². The summed E-state index contributed by atoms with van der Waals surface area (Å²) in [6.07, 6.45) is 1.91. The lowest BCUT2D eigenvalue weighted by molar-refractivity contribution is -0.128. The van der Waals surface area contributed by atoms with E-state index in [1.165, 1.54) is 16.9 Å². The van der Waals surface area contributed by atoms with Crippen LogP contribution in [0.4, 0.5) is 10.8 Å². The van der Waals surface area contributed by atoms with E-state index in [0.717, 1.165) is 21.6 Å². The van der Waals surface area contributed by atoms with Gasteiger partial charge in [0.05, 0.1) is 34.1 Å². The van der Waals surface area contributed by atoms with Gasteiger partial charge in [-0.15, -0.1) is 0 Å². The van der Waals surface area contributed by atoms with Crippen LogP contribution in [0.2, 0.25) is 0 Å². The van der Waals surface area contributed by atoms with Crippen molar-refractivity contribution in [1.82, 2.24) is 14.9 Å². The van der Waals surface area contributed by atoms with Crippen molar-refractivity contribution >= 4 is 44.2 Å². The third-order valence-corrected chi connectivity index (χ3v) is 7.18. The Morgan fingerprint density at radius 1 is 1.09 bits per heavy atom. The SMILES string of the molecule is CC(C)c1ccc(N(C(=O)C2CC(=O)N(Cc3ccccn3)C2)c2nc3ccccc3s2)cc1. The smallest absolute Gasteiger partial charge is 0.238 e. The molecule has 172 valence electrons. The standard InChI is InChI=1S/C27H26N4O2S/c1-18(2)19-10-12-22(13-11-19)31(27-29-23-8-3-4-9-24(23)34-27)26(33)20-15-25(32)30(16-20)17-21-7-5-6-14-28-21/h3-14,18,20H,15-17H2,1-2H3. The highest BCUT2D eigenvalue weighted by Gasteiger charge is 2.38. The molecular weight excluding hydrogens is 444 g/mol. The van der Waals surface area contributed by atoms with Crippen molar-refractivity contribution in [2.75, 3.05) is 11.4 Å². The minimum absolute atomic E-state index is 0.0246. The van der Waals surface area contributed by atoms with E-state index < -0.39 is 5.92 Å². The summed E-state index contributed by atoms with van der Waals surface area (Å²) in [7, 11) is 0. The summed E-state index contributed by atoms with van der Waals surface area (Å²) in [5.41, 5.74) is 3.65. The lowest BCUT2D eigenvalue weighted by Gasteiger charge is -2.24. The van der Waals surface area contributed by atoms with Crippen LogP contribution in [0.15, 0.2) is 72.9 Å². The second-order valence-electron chi connectivity index (χ2n) is 8.88. The van der Waals surface area contributed by atoms with Crippen LogP contribution in [0.5, 0.6) is 0 Å². The number of rotatable bonds is 6. The maximum absolute atomic E-state index is 13.9. The number of hydrogen-bond donors (Lipinski definition) is 0. The Morgan fingerprint density at radius 2 is 1.85 bits per heavy atom. The Bertz CT molecular complexity index is 1280. The van der Waals surface area contributed by atoms with Crippen molar-refractivity contribution in [3.05, 3.63) is 84.2 Å². The van der Waals surface area contributed by atoms with Gasteiger partial charge in [0.2, 0.25) is 11.8 Å². The summed E-state index contributed by atoms with van der Waals surface area (Å²) >= 11 is 1.49. The number of para-hydroxylation sites is 1. The van der Waals surface area contributed by atoms with E-state index in [9.17, 15) is 9.59 Å². The molecule has 1 aliphatic rings. The number of carbonyl (C=O) groups is 2. The maximum atomic E-state index is 13.9. The van der Waals surface area contributed by atoms with Gasteiger partial charge < -0.3 is 4.90 Å². The van der Waals surface area contributed by atoms with Crippen LogP contribution in [-0.4, -0.2) is 33.2 Å². The molecule has 6 nitrogen and oxygen atoms in total. The first-order valence-electron chi connectivity index (χ1n) is 11.5. The van der Waals surface area contributed by atoms with E-state index >= 15 is 0 Å². The highest BCUT2D eigenvalue weighted by Crippen LogP contribution is 2.36. The predicted octanol–water partition coefficient (Wildman–Crippen LogP) is 5.53. The first-order valence-corrected chi connectivity index (χ1v) is 12.3. The molecular formula is C27H26N4O2S. The Balaban J connectivity index is 1.46. The van der Waals surface area contributed by atoms with Crippen LogP contribution < -0.4 is 4.90 Å². The summed E-state index contributed by atoms with van der Waals surface area (Å²) < 4.78 is 1.02. The molecule has 34 heavy (non-hydrogen) atoms. The molecule has 7 heteroatoms. The summed E-state index contributed by atoms with van der Waals surface area (Å²) in [4.78, 5) is 39.2. The molecule has 3 heterocycles. The summed E-state index contributed by atoms with van der Waals surface area (Å²) in [6.45, 7) is 5.07. The highest BCUT2D eigenvalue weighted by atomic mass is 32.1. The second-order valence-corrected chi connectivity index (χ2v) is 9.89. The van der Waals surface area contributed by atoms with E-state index in [-0.39, 0.29) is 18.2 Å². The van der Waals surface area contributed by atoms with Gasteiger partial charge in [0.25, 0.3) is 0 Å². The molecule has 1 saturated heterocycles. The zero-order valence-electron chi connectivity index (χ0n) is 19.2. The molecule has 2 amide bonds. The minimum atomic E-state index is -0.437. The number of likely N-dealkylation sites (tertiary alicyclic amines) is 1. The van der Waals surface area contributed by atoms with Crippen LogP contribution >= 0.6 is 11.3 Å². The highest BCUT2D eigenvalue weighted by molar-refractivity contribution is 7.22. The molecule has 0 radical (unpaired) electrons. The molecule has 2 aromatic heterocycles. The van der Waals surface area contributed by atoms with Gasteiger partial charge in [-0.2, -0.15) is 0 Å². The van der Waals surface area contributed by atoms with Crippen molar-refractivity contribution in [1.29, 1.82) is 0 Å². The lowest BCUT2D eigenvalue weighted by Crippen LogP contribution is -2.34. The molecule has 0 bridgehead atoms. The van der Waals surface area contributed by atoms with Crippen LogP contribution in [0, 0.1) is 5.92 Å². The molecule has 1 fully saturated rings. The van der Waals surface area contributed by atoms with Crippen LogP contribution in [-0.2, 0) is 16.1 Å². The largest absolute Gasteiger partial charge is 0.336 e. The van der Waals surface area contributed by atoms with Crippen LogP contribution in [0.25, 0.3) is 10.2 Å². The average Bonchev–Trinajstić information content (AvgIpc) is 3.43. The van der Waals surface area contributed by atoms with Crippen molar-refractivity contribution < 1.29 is 9.59 Å². The van der Waals surface area contributed by atoms with Gasteiger partial charge in [0, 0.05) is 19.2 Å². The Kier molecular flexibility index (Phi) is 6.11. The van der Waals surface area contributed by atoms with E-state index in [2.05, 4.69) is 31.0 Å². The molecule has 0 N–H and O–H groups in total. The number of aromatic nitrogens is 2. The molecule has 1 aliphatic heterocycles. The molecule has 0 aliphatic carbocycles. The molecule has 0 spiro atoms. The first-order chi connectivity index (χ1) is 16.5. The third-order valence-electron chi connectivity index (χ3n) is 6.15. The summed E-state index contributed by atoms with van der Waals surface area (Å²) in [6, 6.07) is 21.6. The number of thiazole rings is 1. The summed E-state index contributed by atoms with van der Waals surface area (Å²) in [5, 5.41) is 0.624. The first kappa shape index (κ1) is 22.2. The van der Waals surface area contributed by atoms with Gasteiger partial charge >= 0.3 is 0 Å². The number of anilines is 2.